The Morgan fingerprint density at radius 3 is 2.94 bits per heavy atom. The molecule has 88 valence electrons. The molecule has 2 N–H and O–H groups in total. The van der Waals surface area contributed by atoms with Gasteiger partial charge < -0.3 is 10.6 Å². The number of carbonyl (C=O) groups is 1. The molecule has 1 amide bonds. The van der Waals surface area contributed by atoms with Crippen molar-refractivity contribution in [2.24, 2.45) is 5.92 Å². The summed E-state index contributed by atoms with van der Waals surface area (Å²) >= 11 is 7.46. The van der Waals surface area contributed by atoms with Gasteiger partial charge in [-0.25, -0.2) is 0 Å². The Morgan fingerprint density at radius 1 is 1.50 bits per heavy atom. The maximum Gasteiger partial charge on any atom is 0.223 e. The van der Waals surface area contributed by atoms with Gasteiger partial charge in [-0.05, 0) is 18.9 Å². The van der Waals surface area contributed by atoms with Crippen LogP contribution in [0.1, 0.15) is 17.7 Å². The zero-order valence-corrected chi connectivity index (χ0v) is 10.5. The minimum absolute atomic E-state index is 0.209. The first-order valence-electron chi connectivity index (χ1n) is 5.47. The second-order valence-corrected chi connectivity index (χ2v) is 5.41. The number of amides is 1. The van der Waals surface area contributed by atoms with Crippen molar-refractivity contribution in [2.45, 2.75) is 19.4 Å². The Kier molecular flexibility index (Phi) is 4.21. The molecular formula is C11H15ClN2OS. The fraction of sp³-hybridized carbons (Fsp3) is 0.545. The molecule has 5 heteroatoms. The third-order valence-electron chi connectivity index (χ3n) is 2.47. The van der Waals surface area contributed by atoms with Crippen LogP contribution in [0.25, 0.3) is 0 Å². The third-order valence-corrected chi connectivity index (χ3v) is 3.75. The lowest BCUT2D eigenvalue weighted by Crippen LogP contribution is -2.32. The Balaban J connectivity index is 1.53. The van der Waals surface area contributed by atoms with Crippen LogP contribution in [0.4, 0.5) is 0 Å². The molecule has 1 aromatic rings. The number of carbonyl (C=O) groups excluding carboxylic acids is 1. The van der Waals surface area contributed by atoms with E-state index >= 15 is 0 Å². The zero-order chi connectivity index (χ0) is 11.4. The second kappa shape index (κ2) is 5.66. The van der Waals surface area contributed by atoms with E-state index in [4.69, 9.17) is 11.6 Å². The van der Waals surface area contributed by atoms with Crippen LogP contribution in [0.3, 0.4) is 0 Å². The maximum atomic E-state index is 11.3. The molecule has 1 heterocycles. The lowest BCUT2D eigenvalue weighted by molar-refractivity contribution is -0.122. The first kappa shape index (κ1) is 11.9. The van der Waals surface area contributed by atoms with Gasteiger partial charge in [-0.2, -0.15) is 0 Å². The number of halogens is 1. The molecule has 16 heavy (non-hydrogen) atoms. The Bertz CT molecular complexity index is 363. The maximum absolute atomic E-state index is 11.3. The van der Waals surface area contributed by atoms with Crippen molar-refractivity contribution in [3.63, 3.8) is 0 Å². The summed E-state index contributed by atoms with van der Waals surface area (Å²) in [6.07, 6.45) is 2.12. The normalized spacial score (nSPS) is 15.1. The van der Waals surface area contributed by atoms with Crippen LogP contribution in [-0.2, 0) is 11.3 Å². The van der Waals surface area contributed by atoms with Crippen LogP contribution < -0.4 is 10.6 Å². The zero-order valence-electron chi connectivity index (χ0n) is 8.96. The number of hydrogen-bond acceptors (Lipinski definition) is 3. The van der Waals surface area contributed by atoms with E-state index in [1.54, 1.807) is 11.3 Å². The first-order valence-corrected chi connectivity index (χ1v) is 6.73. The van der Waals surface area contributed by atoms with E-state index in [9.17, 15) is 4.79 Å². The predicted octanol–water partition coefficient (Wildman–Crippen LogP) is 2.02. The van der Waals surface area contributed by atoms with E-state index in [1.165, 1.54) is 4.88 Å². The van der Waals surface area contributed by atoms with Gasteiger partial charge in [0.1, 0.15) is 0 Å². The molecule has 1 aliphatic carbocycles. The van der Waals surface area contributed by atoms with Crippen molar-refractivity contribution in [3.8, 4) is 0 Å². The van der Waals surface area contributed by atoms with E-state index in [2.05, 4.69) is 10.6 Å². The van der Waals surface area contributed by atoms with Crippen molar-refractivity contribution in [1.82, 2.24) is 10.6 Å². The van der Waals surface area contributed by atoms with E-state index in [0.29, 0.717) is 12.5 Å². The van der Waals surface area contributed by atoms with Crippen molar-refractivity contribution >= 4 is 28.8 Å². The molecule has 1 fully saturated rings. The number of rotatable bonds is 6. The summed E-state index contributed by atoms with van der Waals surface area (Å²) in [5.74, 6) is 0.511. The van der Waals surface area contributed by atoms with Gasteiger partial charge in [-0.1, -0.05) is 11.6 Å². The molecule has 0 saturated heterocycles. The van der Waals surface area contributed by atoms with Gasteiger partial charge in [0.2, 0.25) is 5.91 Å². The van der Waals surface area contributed by atoms with E-state index < -0.39 is 0 Å². The molecule has 0 spiro atoms. The standard InChI is InChI=1S/C11H15ClN2OS/c12-9-5-10(16-7-9)6-13-3-4-14-11(15)8-1-2-8/h5,7-8,13H,1-4,6H2,(H,14,15). The molecule has 1 aliphatic rings. The summed E-state index contributed by atoms with van der Waals surface area (Å²) in [5, 5.41) is 8.90. The minimum Gasteiger partial charge on any atom is -0.355 e. The summed E-state index contributed by atoms with van der Waals surface area (Å²) < 4.78 is 0. The van der Waals surface area contributed by atoms with Crippen LogP contribution in [0.2, 0.25) is 5.02 Å². The molecule has 3 nitrogen and oxygen atoms in total. The molecule has 1 saturated carbocycles. The average Bonchev–Trinajstić information content (AvgIpc) is 3.03. The molecule has 0 radical (unpaired) electrons. The van der Waals surface area contributed by atoms with Crippen molar-refractivity contribution in [3.05, 3.63) is 21.3 Å². The number of thiophene rings is 1. The van der Waals surface area contributed by atoms with Crippen molar-refractivity contribution in [1.29, 1.82) is 0 Å². The lowest BCUT2D eigenvalue weighted by Gasteiger charge is -2.05. The van der Waals surface area contributed by atoms with Crippen LogP contribution in [0.5, 0.6) is 0 Å². The summed E-state index contributed by atoms with van der Waals surface area (Å²) in [5.41, 5.74) is 0. The molecule has 0 unspecified atom stereocenters. The molecule has 0 aromatic carbocycles. The third kappa shape index (κ3) is 3.77. The molecule has 0 aliphatic heterocycles. The highest BCUT2D eigenvalue weighted by molar-refractivity contribution is 7.10. The predicted molar refractivity (Wildman–Crippen MR) is 66.8 cm³/mol. The van der Waals surface area contributed by atoms with E-state index in [1.807, 2.05) is 11.4 Å². The topological polar surface area (TPSA) is 41.1 Å². The van der Waals surface area contributed by atoms with E-state index in [-0.39, 0.29) is 5.91 Å². The van der Waals surface area contributed by atoms with Gasteiger partial charge in [-0.3, -0.25) is 4.79 Å². The Hall–Kier alpha value is -0.580. The summed E-state index contributed by atoms with van der Waals surface area (Å²) in [4.78, 5) is 12.5. The van der Waals surface area contributed by atoms with Gasteiger partial charge in [-0.15, -0.1) is 11.3 Å². The van der Waals surface area contributed by atoms with Gasteiger partial charge in [0.25, 0.3) is 0 Å². The minimum atomic E-state index is 0.209. The highest BCUT2D eigenvalue weighted by Gasteiger charge is 2.28. The van der Waals surface area contributed by atoms with Crippen LogP contribution in [-0.4, -0.2) is 19.0 Å². The largest absolute Gasteiger partial charge is 0.355 e. The van der Waals surface area contributed by atoms with Crippen LogP contribution in [0.15, 0.2) is 11.4 Å². The van der Waals surface area contributed by atoms with Gasteiger partial charge in [0.05, 0.1) is 5.02 Å². The number of hydrogen-bond donors (Lipinski definition) is 2. The fourth-order valence-electron chi connectivity index (χ4n) is 1.42. The quantitative estimate of drug-likeness (QED) is 0.767. The SMILES string of the molecule is O=C(NCCNCc1cc(Cl)cs1)C1CC1. The van der Waals surface area contributed by atoms with Crippen molar-refractivity contribution in [2.75, 3.05) is 13.1 Å². The van der Waals surface area contributed by atoms with Gasteiger partial charge >= 0.3 is 0 Å². The smallest absolute Gasteiger partial charge is 0.223 e. The Morgan fingerprint density at radius 2 is 2.31 bits per heavy atom. The van der Waals surface area contributed by atoms with E-state index in [0.717, 1.165) is 31.0 Å². The Labute approximate surface area is 104 Å². The monoisotopic (exact) mass is 258 g/mol. The molecular weight excluding hydrogens is 244 g/mol. The first-order chi connectivity index (χ1) is 7.75. The van der Waals surface area contributed by atoms with Crippen LogP contribution in [0, 0.1) is 5.92 Å². The summed E-state index contributed by atoms with van der Waals surface area (Å²) in [6.45, 7) is 2.32. The van der Waals surface area contributed by atoms with Crippen LogP contribution >= 0.6 is 22.9 Å². The van der Waals surface area contributed by atoms with Gasteiger partial charge in [0.15, 0.2) is 0 Å². The lowest BCUT2D eigenvalue weighted by atomic mass is 10.4. The van der Waals surface area contributed by atoms with Crippen molar-refractivity contribution < 1.29 is 4.79 Å². The highest BCUT2D eigenvalue weighted by Crippen LogP contribution is 2.28. The summed E-state index contributed by atoms with van der Waals surface area (Å²) in [6, 6.07) is 1.96. The molecule has 0 atom stereocenters. The summed E-state index contributed by atoms with van der Waals surface area (Å²) in [7, 11) is 0. The molecule has 1 aromatic heterocycles. The fourth-order valence-corrected chi connectivity index (χ4v) is 2.46. The average molecular weight is 259 g/mol. The number of nitrogens with one attached hydrogen (secondary N) is 2. The van der Waals surface area contributed by atoms with Gasteiger partial charge in [0, 0.05) is 35.8 Å². The molecule has 0 bridgehead atoms. The second-order valence-electron chi connectivity index (χ2n) is 3.97. The molecule has 2 rings (SSSR count). The highest BCUT2D eigenvalue weighted by atomic mass is 35.5.